The van der Waals surface area contributed by atoms with E-state index in [1.807, 2.05) is 0 Å². The van der Waals surface area contributed by atoms with Gasteiger partial charge in [-0.25, -0.2) is 0 Å². The number of rotatable bonds is 5. The number of halogens is 4. The van der Waals surface area contributed by atoms with Crippen LogP contribution in [0.15, 0.2) is 58.3 Å². The standard InChI is InChI=1S/C16H14F4S2/c1-11-3-7-13(8-4-11)21-15(17,18)16(19,20)22-14-9-5-12(2)6-10-14/h3-10H,1-2H3. The van der Waals surface area contributed by atoms with Gasteiger partial charge in [0.25, 0.3) is 0 Å². The molecule has 0 aromatic heterocycles. The highest BCUT2D eigenvalue weighted by Crippen LogP contribution is 2.54. The lowest BCUT2D eigenvalue weighted by Gasteiger charge is -2.25. The number of alkyl halides is 4. The van der Waals surface area contributed by atoms with E-state index in [-0.39, 0.29) is 33.3 Å². The molecule has 22 heavy (non-hydrogen) atoms. The van der Waals surface area contributed by atoms with E-state index in [1.165, 1.54) is 24.3 Å². The number of hydrogen-bond donors (Lipinski definition) is 0. The lowest BCUT2D eigenvalue weighted by molar-refractivity contribution is -0.0834. The smallest absolute Gasteiger partial charge is 0.186 e. The van der Waals surface area contributed by atoms with Crippen LogP contribution in [0, 0.1) is 13.8 Å². The number of thioether (sulfide) groups is 2. The molecule has 118 valence electrons. The Kier molecular flexibility index (Phi) is 5.12. The molecule has 0 saturated carbocycles. The first kappa shape index (κ1) is 17.2. The second-order valence-electron chi connectivity index (χ2n) is 4.86. The molecule has 0 atom stereocenters. The third-order valence-electron chi connectivity index (χ3n) is 2.87. The Labute approximate surface area is 135 Å². The van der Waals surface area contributed by atoms with Crippen LogP contribution in [0.3, 0.4) is 0 Å². The van der Waals surface area contributed by atoms with Crippen molar-refractivity contribution in [1.82, 2.24) is 0 Å². The Bertz CT molecular complexity index is 564. The van der Waals surface area contributed by atoms with Crippen molar-refractivity contribution in [1.29, 1.82) is 0 Å². The molecule has 0 saturated heterocycles. The average Bonchev–Trinajstić information content (AvgIpc) is 2.43. The first-order valence-electron chi connectivity index (χ1n) is 6.47. The fourth-order valence-corrected chi connectivity index (χ4v) is 3.25. The van der Waals surface area contributed by atoms with Crippen molar-refractivity contribution in [3.63, 3.8) is 0 Å². The molecular formula is C16H14F4S2. The van der Waals surface area contributed by atoms with E-state index in [9.17, 15) is 17.6 Å². The Hall–Kier alpha value is -1.14. The lowest BCUT2D eigenvalue weighted by Crippen LogP contribution is -2.34. The highest BCUT2D eigenvalue weighted by molar-refractivity contribution is 8.04. The summed E-state index contributed by atoms with van der Waals surface area (Å²) in [5, 5.41) is -8.42. The van der Waals surface area contributed by atoms with Crippen LogP contribution in [0.1, 0.15) is 11.1 Å². The summed E-state index contributed by atoms with van der Waals surface area (Å²) in [6.45, 7) is 3.60. The normalized spacial score (nSPS) is 12.5. The molecule has 0 amide bonds. The van der Waals surface area contributed by atoms with Crippen molar-refractivity contribution in [2.45, 2.75) is 34.1 Å². The van der Waals surface area contributed by atoms with Gasteiger partial charge < -0.3 is 0 Å². The molecule has 0 nitrogen and oxygen atoms in total. The van der Waals surface area contributed by atoms with E-state index in [4.69, 9.17) is 0 Å². The maximum absolute atomic E-state index is 13.9. The van der Waals surface area contributed by atoms with Gasteiger partial charge in [-0.05, 0) is 61.6 Å². The summed E-state index contributed by atoms with van der Waals surface area (Å²) < 4.78 is 55.8. The lowest BCUT2D eigenvalue weighted by atomic mass is 10.2. The zero-order valence-electron chi connectivity index (χ0n) is 11.9. The Morgan fingerprint density at radius 1 is 0.591 bits per heavy atom. The van der Waals surface area contributed by atoms with Gasteiger partial charge in [-0.15, -0.1) is 0 Å². The summed E-state index contributed by atoms with van der Waals surface area (Å²) >= 11 is -0.240. The number of aryl methyl sites for hydroxylation is 2. The summed E-state index contributed by atoms with van der Waals surface area (Å²) in [6.07, 6.45) is 0. The highest BCUT2D eigenvalue weighted by atomic mass is 32.2. The second-order valence-corrected chi connectivity index (χ2v) is 7.24. The van der Waals surface area contributed by atoms with Crippen LogP contribution in [-0.4, -0.2) is 10.5 Å². The van der Waals surface area contributed by atoms with E-state index in [2.05, 4.69) is 0 Å². The summed E-state index contributed by atoms with van der Waals surface area (Å²) in [5.41, 5.74) is 1.77. The van der Waals surface area contributed by atoms with Crippen molar-refractivity contribution in [3.05, 3.63) is 59.7 Å². The molecule has 0 fully saturated rings. The van der Waals surface area contributed by atoms with E-state index < -0.39 is 10.5 Å². The highest BCUT2D eigenvalue weighted by Gasteiger charge is 2.58. The van der Waals surface area contributed by atoms with Gasteiger partial charge in [-0.2, -0.15) is 17.6 Å². The second kappa shape index (κ2) is 6.54. The fourth-order valence-electron chi connectivity index (χ4n) is 1.63. The van der Waals surface area contributed by atoms with Gasteiger partial charge in [0, 0.05) is 9.79 Å². The first-order chi connectivity index (χ1) is 10.2. The molecule has 2 aromatic carbocycles. The summed E-state index contributed by atoms with van der Waals surface area (Å²) in [5.74, 6) is 0. The van der Waals surface area contributed by atoms with Gasteiger partial charge in [0.1, 0.15) is 0 Å². The first-order valence-corrected chi connectivity index (χ1v) is 8.10. The van der Waals surface area contributed by atoms with Crippen LogP contribution in [0.25, 0.3) is 0 Å². The van der Waals surface area contributed by atoms with Crippen molar-refractivity contribution >= 4 is 23.5 Å². The molecule has 0 unspecified atom stereocenters. The molecule has 2 rings (SSSR count). The zero-order chi connectivity index (χ0) is 16.4. The van der Waals surface area contributed by atoms with Crippen molar-refractivity contribution < 1.29 is 17.6 Å². The van der Waals surface area contributed by atoms with Crippen LogP contribution in [0.2, 0.25) is 0 Å². The predicted molar refractivity (Wildman–Crippen MR) is 84.0 cm³/mol. The Morgan fingerprint density at radius 2 is 0.864 bits per heavy atom. The van der Waals surface area contributed by atoms with Crippen molar-refractivity contribution in [3.8, 4) is 0 Å². The monoisotopic (exact) mass is 346 g/mol. The van der Waals surface area contributed by atoms with E-state index in [0.717, 1.165) is 11.1 Å². The minimum absolute atomic E-state index is 0.111. The van der Waals surface area contributed by atoms with Crippen molar-refractivity contribution in [2.24, 2.45) is 0 Å². The molecule has 0 bridgehead atoms. The molecule has 2 aromatic rings. The number of hydrogen-bond acceptors (Lipinski definition) is 2. The number of benzene rings is 2. The molecule has 6 heteroatoms. The molecule has 0 aliphatic carbocycles. The van der Waals surface area contributed by atoms with Gasteiger partial charge in [0.2, 0.25) is 0 Å². The summed E-state index contributed by atoms with van der Waals surface area (Å²) in [6, 6.07) is 12.1. The molecule has 0 aliphatic rings. The van der Waals surface area contributed by atoms with Gasteiger partial charge in [0.15, 0.2) is 0 Å². The third-order valence-corrected chi connectivity index (χ3v) is 5.04. The molecule has 0 aliphatic heterocycles. The largest absolute Gasteiger partial charge is 0.370 e. The van der Waals surface area contributed by atoms with Crippen LogP contribution < -0.4 is 0 Å². The molecule has 0 heterocycles. The van der Waals surface area contributed by atoms with Gasteiger partial charge in [-0.3, -0.25) is 0 Å². The van der Waals surface area contributed by atoms with E-state index >= 15 is 0 Å². The quantitative estimate of drug-likeness (QED) is 0.455. The summed E-state index contributed by atoms with van der Waals surface area (Å²) in [7, 11) is 0. The third kappa shape index (κ3) is 4.20. The Morgan fingerprint density at radius 3 is 1.14 bits per heavy atom. The van der Waals surface area contributed by atoms with Gasteiger partial charge in [-0.1, -0.05) is 35.4 Å². The zero-order valence-corrected chi connectivity index (χ0v) is 13.6. The van der Waals surface area contributed by atoms with Crippen LogP contribution in [0.4, 0.5) is 17.6 Å². The van der Waals surface area contributed by atoms with Crippen molar-refractivity contribution in [2.75, 3.05) is 0 Å². The van der Waals surface area contributed by atoms with Crippen LogP contribution >= 0.6 is 23.5 Å². The summed E-state index contributed by atoms with van der Waals surface area (Å²) in [4.78, 5) is 0.222. The fraction of sp³-hybridized carbons (Fsp3) is 0.250. The molecule has 0 spiro atoms. The van der Waals surface area contributed by atoms with Gasteiger partial charge in [0.05, 0.1) is 0 Å². The van der Waals surface area contributed by atoms with E-state index in [0.29, 0.717) is 0 Å². The Balaban J connectivity index is 2.14. The minimum atomic E-state index is -4.21. The SMILES string of the molecule is Cc1ccc(SC(F)(F)C(F)(F)Sc2ccc(C)cc2)cc1. The van der Waals surface area contributed by atoms with Crippen LogP contribution in [-0.2, 0) is 0 Å². The molecular weight excluding hydrogens is 332 g/mol. The maximum Gasteiger partial charge on any atom is 0.370 e. The molecule has 0 N–H and O–H groups in total. The van der Waals surface area contributed by atoms with E-state index in [1.54, 1.807) is 38.1 Å². The topological polar surface area (TPSA) is 0 Å². The maximum atomic E-state index is 13.9. The van der Waals surface area contributed by atoms with Gasteiger partial charge >= 0.3 is 10.5 Å². The minimum Gasteiger partial charge on any atom is -0.186 e. The average molecular weight is 346 g/mol. The predicted octanol–water partition coefficient (Wildman–Crippen LogP) is 6.37. The molecule has 0 radical (unpaired) electrons. The van der Waals surface area contributed by atoms with Crippen LogP contribution in [0.5, 0.6) is 0 Å².